The highest BCUT2D eigenvalue weighted by atomic mass is 32.2. The number of nitrogens with zero attached hydrogens (tertiary/aromatic N) is 5. The van der Waals surface area contributed by atoms with E-state index in [4.69, 9.17) is 16.2 Å². The van der Waals surface area contributed by atoms with Crippen molar-refractivity contribution in [2.75, 3.05) is 57.8 Å². The molecule has 1 aromatic heterocycles. The van der Waals surface area contributed by atoms with Gasteiger partial charge in [-0.3, -0.25) is 58.1 Å². The molecule has 14 N–H and O–H groups in total. The van der Waals surface area contributed by atoms with E-state index >= 15 is 0 Å². The van der Waals surface area contributed by atoms with Crippen LogP contribution in [0.3, 0.4) is 0 Å². The van der Waals surface area contributed by atoms with Crippen LogP contribution in [0.2, 0.25) is 0 Å². The number of hydrogen-bond acceptors (Lipinski definition) is 17. The summed E-state index contributed by atoms with van der Waals surface area (Å²) in [6.45, 7) is 12.9. The minimum atomic E-state index is -4.46. The summed E-state index contributed by atoms with van der Waals surface area (Å²) in [7, 11) is -4.46. The second-order valence-electron chi connectivity index (χ2n) is 25.7. The molecule has 0 aliphatic carbocycles. The number of hydrazone groups is 1. The van der Waals surface area contributed by atoms with Crippen LogP contribution in [-0.2, 0) is 59.6 Å². The second-order valence-corrected chi connectivity index (χ2v) is 27.1. The number of likely N-dealkylation sites (tertiary alicyclic amines) is 1. The molecule has 1 saturated heterocycles. The van der Waals surface area contributed by atoms with Crippen molar-refractivity contribution < 1.29 is 65.7 Å². The van der Waals surface area contributed by atoms with Gasteiger partial charge in [0.1, 0.15) is 40.5 Å². The standard InChI is InChI=1S/C69H104N16O14S/c1-8-23-52(27-14-9-10-15-31-59(87)72-38-39-73-62(90)51-33-35-58(76-43-51)83-78-44-50-26-16-17-30-57(50)100(96,97)98)79-65(93)55(42-47(2)3)82-64(92)54(34-32-49-24-12-11-13-25-49)80-60(88)45-77-63(91)53(28-18-19-36-74-67(70)71)81-66(94)56-29-22-41-85(56)61(89)46-84(48(4)86)40-21-20-37-75-68(95)99-69(5,6)7/h11-13,16-17,24-27,30,33,35,43-44,47,53-56H,8-10,14-15,18-23,28-29,31-32,34,36-42,45-46H2,1-7H3,(H,72,87)(H,73,90)(H,75,95)(H,76,83)(H,77,91)(H,79,93)(H,80,88)(H,81,94)(H,82,92)(H4,70,71,74)(H,96,97,98)/b52-27-,78-44+/t53-,54-,55-,56-/m0/s1. The highest BCUT2D eigenvalue weighted by molar-refractivity contribution is 7.86. The molecular weight excluding hydrogens is 1310 g/mol. The van der Waals surface area contributed by atoms with Crippen LogP contribution < -0.4 is 59.4 Å². The van der Waals surface area contributed by atoms with E-state index in [1.165, 1.54) is 59.5 Å². The SMILES string of the molecule is CCC/C(=C/CCCCCC(=O)NCCNC(=O)c1ccc(N/N=C/c2ccccc2S(=O)(=O)O)nc1)NC(=O)[C@H](CC(C)C)NC(=O)[C@H](CCc1ccccc1)NC(=O)CNC(=O)[C@H](CCCCN=C(N)N)NC(=O)[C@@H]1CCCN1C(=O)CN(CCCCNC(=O)OC(C)(C)C)C(C)=O. The number of nitrogens with one attached hydrogen (secondary N) is 9. The highest BCUT2D eigenvalue weighted by Gasteiger charge is 2.37. The zero-order valence-electron chi connectivity index (χ0n) is 58.7. The van der Waals surface area contributed by atoms with Crippen LogP contribution in [0.4, 0.5) is 10.6 Å². The number of alkyl carbamates (subject to hydrolysis) is 1. The monoisotopic (exact) mass is 1410 g/mol. The Morgan fingerprint density at radius 3 is 2.17 bits per heavy atom. The average Bonchev–Trinajstić information content (AvgIpc) is 1.46. The number of anilines is 1. The first-order valence-electron chi connectivity index (χ1n) is 34.2. The fourth-order valence-corrected chi connectivity index (χ4v) is 11.2. The van der Waals surface area contributed by atoms with Crippen LogP contribution in [0.1, 0.15) is 173 Å². The Labute approximate surface area is 586 Å². The summed E-state index contributed by atoms with van der Waals surface area (Å²) < 4.78 is 38.0. The van der Waals surface area contributed by atoms with Gasteiger partial charge in [-0.05, 0) is 140 Å². The first-order valence-corrected chi connectivity index (χ1v) is 35.6. The number of nitrogens with two attached hydrogens (primary N) is 2. The van der Waals surface area contributed by atoms with E-state index in [1.54, 1.807) is 26.8 Å². The van der Waals surface area contributed by atoms with Gasteiger partial charge < -0.3 is 68.5 Å². The lowest BCUT2D eigenvalue weighted by Gasteiger charge is -2.29. The molecule has 1 aliphatic rings. The third kappa shape index (κ3) is 32.9. The first kappa shape index (κ1) is 82.9. The van der Waals surface area contributed by atoms with Gasteiger partial charge in [-0.2, -0.15) is 13.5 Å². The Morgan fingerprint density at radius 1 is 0.770 bits per heavy atom. The van der Waals surface area contributed by atoms with Crippen molar-refractivity contribution in [3.05, 3.63) is 101 Å². The number of pyridine rings is 1. The highest BCUT2D eigenvalue weighted by Crippen LogP contribution is 2.20. The number of ether oxygens (including phenoxy) is 1. The molecule has 1 fully saturated rings. The molecule has 4 atom stereocenters. The predicted octanol–water partition coefficient (Wildman–Crippen LogP) is 4.21. The molecule has 0 bridgehead atoms. The van der Waals surface area contributed by atoms with E-state index in [0.29, 0.717) is 82.9 Å². The third-order valence-corrected chi connectivity index (χ3v) is 16.5. The van der Waals surface area contributed by atoms with Gasteiger partial charge in [-0.1, -0.05) is 88.2 Å². The van der Waals surface area contributed by atoms with E-state index in [9.17, 15) is 60.9 Å². The van der Waals surface area contributed by atoms with Gasteiger partial charge in [0.25, 0.3) is 16.0 Å². The van der Waals surface area contributed by atoms with Crippen molar-refractivity contribution in [2.24, 2.45) is 27.5 Å². The predicted molar refractivity (Wildman–Crippen MR) is 379 cm³/mol. The molecule has 0 saturated carbocycles. The van der Waals surface area contributed by atoms with Crippen LogP contribution in [0.5, 0.6) is 0 Å². The molecule has 1 aliphatic heterocycles. The van der Waals surface area contributed by atoms with Gasteiger partial charge in [0, 0.05) is 70.1 Å². The minimum absolute atomic E-state index is 0.0348. The lowest BCUT2D eigenvalue weighted by atomic mass is 10.0. The van der Waals surface area contributed by atoms with E-state index in [0.717, 1.165) is 18.4 Å². The first-order chi connectivity index (χ1) is 47.5. The van der Waals surface area contributed by atoms with Crippen molar-refractivity contribution in [2.45, 2.75) is 192 Å². The van der Waals surface area contributed by atoms with E-state index < -0.39 is 93.9 Å². The fourth-order valence-electron chi connectivity index (χ4n) is 10.6. The summed E-state index contributed by atoms with van der Waals surface area (Å²) in [6.07, 6.45) is 11.6. The Morgan fingerprint density at radius 2 is 1.49 bits per heavy atom. The summed E-state index contributed by atoms with van der Waals surface area (Å²) in [5, 5.41) is 26.3. The van der Waals surface area contributed by atoms with Crippen LogP contribution in [0.15, 0.2) is 99.7 Å². The molecular formula is C69H104N16O14S. The van der Waals surface area contributed by atoms with E-state index in [2.05, 4.69) is 63.0 Å². The molecule has 2 aromatic carbocycles. The number of rotatable bonds is 43. The molecule has 550 valence electrons. The number of aliphatic imine (C=N–C) groups is 1. The van der Waals surface area contributed by atoms with Crippen LogP contribution in [0, 0.1) is 5.92 Å². The number of unbranched alkanes of at least 4 members (excludes halogenated alkanes) is 5. The Hall–Kier alpha value is -9.52. The number of amides is 10. The van der Waals surface area contributed by atoms with Gasteiger partial charge in [0.15, 0.2) is 5.96 Å². The van der Waals surface area contributed by atoms with Gasteiger partial charge in [-0.25, -0.2) is 9.78 Å². The van der Waals surface area contributed by atoms with Gasteiger partial charge in [-0.15, -0.1) is 0 Å². The number of benzene rings is 2. The van der Waals surface area contributed by atoms with Crippen molar-refractivity contribution >= 4 is 87.4 Å². The lowest BCUT2D eigenvalue weighted by molar-refractivity contribution is -0.143. The van der Waals surface area contributed by atoms with Crippen LogP contribution in [-0.4, -0.2) is 181 Å². The summed E-state index contributed by atoms with van der Waals surface area (Å²) in [6, 6.07) is 13.8. The van der Waals surface area contributed by atoms with Crippen molar-refractivity contribution in [1.82, 2.24) is 57.3 Å². The smallest absolute Gasteiger partial charge is 0.407 e. The maximum Gasteiger partial charge on any atom is 0.407 e. The third-order valence-electron chi connectivity index (χ3n) is 15.6. The normalized spacial score (nSPS) is 14.0. The molecule has 0 spiro atoms. The van der Waals surface area contributed by atoms with E-state index in [1.807, 2.05) is 57.2 Å². The largest absolute Gasteiger partial charge is 0.444 e. The Kier molecular flexibility index (Phi) is 36.3. The Balaban J connectivity index is 1.29. The summed E-state index contributed by atoms with van der Waals surface area (Å²) in [5.74, 6) is -4.32. The van der Waals surface area contributed by atoms with Crippen LogP contribution in [0.25, 0.3) is 0 Å². The average molecular weight is 1410 g/mol. The molecule has 3 aromatic rings. The molecule has 10 amide bonds. The number of aryl methyl sites for hydroxylation is 1. The van der Waals surface area contributed by atoms with Crippen LogP contribution >= 0.6 is 0 Å². The summed E-state index contributed by atoms with van der Waals surface area (Å²) >= 11 is 0. The number of carbonyl (C=O) groups excluding carboxylic acids is 10. The fraction of sp³-hybridized carbons (Fsp3) is 0.551. The molecule has 4 rings (SSSR count). The quantitative estimate of drug-likeness (QED) is 0.0124. The lowest BCUT2D eigenvalue weighted by Crippen LogP contribution is -2.56. The van der Waals surface area contributed by atoms with E-state index in [-0.39, 0.29) is 110 Å². The second kappa shape index (κ2) is 43.8. The molecule has 31 heteroatoms. The maximum atomic E-state index is 14.4. The molecule has 0 radical (unpaired) electrons. The molecule has 30 nitrogen and oxygen atoms in total. The zero-order chi connectivity index (χ0) is 73.6. The van der Waals surface area contributed by atoms with Crippen molar-refractivity contribution in [1.29, 1.82) is 0 Å². The Bertz CT molecular complexity index is 3380. The molecule has 2 heterocycles. The number of guanidine groups is 1. The zero-order valence-corrected chi connectivity index (χ0v) is 59.5. The molecule has 100 heavy (non-hydrogen) atoms. The number of aromatic nitrogens is 1. The minimum Gasteiger partial charge on any atom is -0.444 e. The number of carbonyl (C=O) groups is 10. The number of hydrogen-bond donors (Lipinski definition) is 12. The van der Waals surface area contributed by atoms with Gasteiger partial charge in [0.2, 0.25) is 47.3 Å². The van der Waals surface area contributed by atoms with Gasteiger partial charge >= 0.3 is 6.09 Å². The summed E-state index contributed by atoms with van der Waals surface area (Å²) in [5.41, 5.74) is 15.0. The topological polar surface area (TPSA) is 439 Å². The van der Waals surface area contributed by atoms with Crippen molar-refractivity contribution in [3.63, 3.8) is 0 Å². The summed E-state index contributed by atoms with van der Waals surface area (Å²) in [4.78, 5) is 145. The number of allylic oxidation sites excluding steroid dienone is 2. The van der Waals surface area contributed by atoms with Gasteiger partial charge in [0.05, 0.1) is 24.9 Å². The molecule has 0 unspecified atom stereocenters. The van der Waals surface area contributed by atoms with Crippen molar-refractivity contribution in [3.8, 4) is 0 Å². The maximum absolute atomic E-state index is 14.4.